The van der Waals surface area contributed by atoms with Gasteiger partial charge in [0.1, 0.15) is 11.9 Å². The SMILES string of the molecule is COC(CN=C(N)N)c1ccc(F)cc1. The average Bonchev–Trinajstić information content (AvgIpc) is 2.21. The van der Waals surface area contributed by atoms with Crippen LogP contribution >= 0.6 is 0 Å². The molecule has 1 rings (SSSR count). The third kappa shape index (κ3) is 3.55. The van der Waals surface area contributed by atoms with Gasteiger partial charge in [0, 0.05) is 7.11 Å². The molecule has 1 unspecified atom stereocenters. The molecule has 5 heteroatoms. The molecule has 0 aliphatic rings. The molecule has 1 aromatic rings. The Morgan fingerprint density at radius 2 is 2.00 bits per heavy atom. The second-order valence-corrected chi connectivity index (χ2v) is 3.04. The van der Waals surface area contributed by atoms with Crippen LogP contribution in [-0.2, 0) is 4.74 Å². The number of nitrogens with two attached hydrogens (primary N) is 2. The van der Waals surface area contributed by atoms with Gasteiger partial charge in [-0.3, -0.25) is 4.99 Å². The van der Waals surface area contributed by atoms with Gasteiger partial charge in [-0.2, -0.15) is 0 Å². The summed E-state index contributed by atoms with van der Waals surface area (Å²) >= 11 is 0. The van der Waals surface area contributed by atoms with Crippen LogP contribution in [0.2, 0.25) is 0 Å². The standard InChI is InChI=1S/C10H14FN3O/c1-15-9(6-14-10(12)13)7-2-4-8(11)5-3-7/h2-5,9H,6H2,1H3,(H4,12,13,14). The van der Waals surface area contributed by atoms with Crippen molar-refractivity contribution in [1.82, 2.24) is 0 Å². The summed E-state index contributed by atoms with van der Waals surface area (Å²) in [5.74, 6) is -0.269. The van der Waals surface area contributed by atoms with E-state index < -0.39 is 0 Å². The summed E-state index contributed by atoms with van der Waals surface area (Å²) in [5, 5.41) is 0. The van der Waals surface area contributed by atoms with Crippen LogP contribution < -0.4 is 11.5 Å². The molecule has 0 spiro atoms. The van der Waals surface area contributed by atoms with E-state index in [-0.39, 0.29) is 17.9 Å². The van der Waals surface area contributed by atoms with Crippen LogP contribution in [0.15, 0.2) is 29.3 Å². The zero-order valence-electron chi connectivity index (χ0n) is 8.48. The minimum atomic E-state index is -0.282. The molecule has 15 heavy (non-hydrogen) atoms. The Hall–Kier alpha value is -1.62. The third-order valence-corrected chi connectivity index (χ3v) is 1.97. The molecule has 0 fully saturated rings. The van der Waals surface area contributed by atoms with Gasteiger partial charge in [-0.05, 0) is 17.7 Å². The van der Waals surface area contributed by atoms with Crippen LogP contribution in [-0.4, -0.2) is 19.6 Å². The lowest BCUT2D eigenvalue weighted by Crippen LogP contribution is -2.24. The lowest BCUT2D eigenvalue weighted by Gasteiger charge is -2.13. The van der Waals surface area contributed by atoms with Crippen LogP contribution in [0, 0.1) is 5.82 Å². The highest BCUT2D eigenvalue weighted by atomic mass is 19.1. The quantitative estimate of drug-likeness (QED) is 0.571. The van der Waals surface area contributed by atoms with E-state index in [0.29, 0.717) is 6.54 Å². The van der Waals surface area contributed by atoms with E-state index in [1.54, 1.807) is 19.2 Å². The Balaban J connectivity index is 2.74. The first-order valence-electron chi connectivity index (χ1n) is 4.47. The maximum Gasteiger partial charge on any atom is 0.186 e. The zero-order chi connectivity index (χ0) is 11.3. The molecule has 4 N–H and O–H groups in total. The maximum absolute atomic E-state index is 12.7. The molecule has 0 aliphatic heterocycles. The number of rotatable bonds is 4. The molecular weight excluding hydrogens is 197 g/mol. The van der Waals surface area contributed by atoms with Gasteiger partial charge in [0.05, 0.1) is 6.54 Å². The first-order valence-corrected chi connectivity index (χ1v) is 4.47. The van der Waals surface area contributed by atoms with Gasteiger partial charge < -0.3 is 16.2 Å². The van der Waals surface area contributed by atoms with Crippen molar-refractivity contribution in [3.63, 3.8) is 0 Å². The van der Waals surface area contributed by atoms with Crippen molar-refractivity contribution in [2.24, 2.45) is 16.5 Å². The highest BCUT2D eigenvalue weighted by molar-refractivity contribution is 5.75. The molecule has 1 atom stereocenters. The van der Waals surface area contributed by atoms with Gasteiger partial charge in [0.25, 0.3) is 0 Å². The normalized spacial score (nSPS) is 12.1. The number of hydrogen-bond donors (Lipinski definition) is 2. The molecule has 0 radical (unpaired) electrons. The van der Waals surface area contributed by atoms with Crippen molar-refractivity contribution in [3.05, 3.63) is 35.6 Å². The number of hydrogen-bond acceptors (Lipinski definition) is 2. The summed E-state index contributed by atoms with van der Waals surface area (Å²) in [7, 11) is 1.55. The fourth-order valence-corrected chi connectivity index (χ4v) is 1.18. The number of guanidine groups is 1. The predicted molar refractivity (Wildman–Crippen MR) is 56.8 cm³/mol. The number of nitrogens with zero attached hydrogens (tertiary/aromatic N) is 1. The second kappa shape index (κ2) is 5.31. The molecule has 82 valence electrons. The Morgan fingerprint density at radius 3 is 2.47 bits per heavy atom. The van der Waals surface area contributed by atoms with E-state index in [4.69, 9.17) is 16.2 Å². The van der Waals surface area contributed by atoms with Crippen LogP contribution in [0.1, 0.15) is 11.7 Å². The third-order valence-electron chi connectivity index (χ3n) is 1.97. The number of methoxy groups -OCH3 is 1. The number of ether oxygens (including phenoxy) is 1. The molecule has 0 bridgehead atoms. The lowest BCUT2D eigenvalue weighted by molar-refractivity contribution is 0.111. The van der Waals surface area contributed by atoms with Crippen molar-refractivity contribution < 1.29 is 9.13 Å². The van der Waals surface area contributed by atoms with Crippen LogP contribution in [0.5, 0.6) is 0 Å². The first kappa shape index (κ1) is 11.5. The van der Waals surface area contributed by atoms with Crippen LogP contribution in [0.3, 0.4) is 0 Å². The van der Waals surface area contributed by atoms with Gasteiger partial charge >= 0.3 is 0 Å². The summed E-state index contributed by atoms with van der Waals surface area (Å²) in [6.07, 6.45) is -0.257. The van der Waals surface area contributed by atoms with E-state index in [2.05, 4.69) is 4.99 Å². The van der Waals surface area contributed by atoms with Crippen molar-refractivity contribution in [3.8, 4) is 0 Å². The van der Waals surface area contributed by atoms with Crippen molar-refractivity contribution in [2.75, 3.05) is 13.7 Å². The van der Waals surface area contributed by atoms with Gasteiger partial charge in [0.15, 0.2) is 5.96 Å². The van der Waals surface area contributed by atoms with E-state index >= 15 is 0 Å². The molecule has 0 saturated carbocycles. The average molecular weight is 211 g/mol. The first-order chi connectivity index (χ1) is 7.13. The topological polar surface area (TPSA) is 73.6 Å². The highest BCUT2D eigenvalue weighted by Crippen LogP contribution is 2.17. The molecule has 0 saturated heterocycles. The molecule has 4 nitrogen and oxygen atoms in total. The molecule has 1 aromatic carbocycles. The van der Waals surface area contributed by atoms with Gasteiger partial charge in [-0.1, -0.05) is 12.1 Å². The summed E-state index contributed by atoms with van der Waals surface area (Å²) in [4.78, 5) is 3.85. The van der Waals surface area contributed by atoms with Crippen LogP contribution in [0.4, 0.5) is 4.39 Å². The maximum atomic E-state index is 12.7. The molecular formula is C10H14FN3O. The van der Waals surface area contributed by atoms with E-state index in [0.717, 1.165) is 5.56 Å². The van der Waals surface area contributed by atoms with Crippen LogP contribution in [0.25, 0.3) is 0 Å². The lowest BCUT2D eigenvalue weighted by atomic mass is 10.1. The Bertz CT molecular complexity index is 333. The molecule has 0 aliphatic carbocycles. The Morgan fingerprint density at radius 1 is 1.40 bits per heavy atom. The van der Waals surface area contributed by atoms with E-state index in [1.807, 2.05) is 0 Å². The molecule has 0 amide bonds. The predicted octanol–water partition coefficient (Wildman–Crippen LogP) is 0.787. The second-order valence-electron chi connectivity index (χ2n) is 3.04. The highest BCUT2D eigenvalue weighted by Gasteiger charge is 2.09. The van der Waals surface area contributed by atoms with Gasteiger partial charge in [0.2, 0.25) is 0 Å². The molecule has 0 aromatic heterocycles. The monoisotopic (exact) mass is 211 g/mol. The fraction of sp³-hybridized carbons (Fsp3) is 0.300. The smallest absolute Gasteiger partial charge is 0.186 e. The summed E-state index contributed by atoms with van der Waals surface area (Å²) < 4.78 is 17.8. The van der Waals surface area contributed by atoms with Gasteiger partial charge in [-0.25, -0.2) is 4.39 Å². The Kier molecular flexibility index (Phi) is 4.05. The zero-order valence-corrected chi connectivity index (χ0v) is 8.48. The van der Waals surface area contributed by atoms with Crippen molar-refractivity contribution in [2.45, 2.75) is 6.10 Å². The molecule has 0 heterocycles. The number of aliphatic imine (C=N–C) groups is 1. The minimum Gasteiger partial charge on any atom is -0.375 e. The summed E-state index contributed by atoms with van der Waals surface area (Å²) in [6, 6.07) is 6.03. The fourth-order valence-electron chi connectivity index (χ4n) is 1.18. The number of benzene rings is 1. The Labute approximate surface area is 87.7 Å². The van der Waals surface area contributed by atoms with E-state index in [1.165, 1.54) is 12.1 Å². The van der Waals surface area contributed by atoms with Gasteiger partial charge in [-0.15, -0.1) is 0 Å². The minimum absolute atomic E-state index is 0.0131. The number of halogens is 1. The summed E-state index contributed by atoms with van der Waals surface area (Å²) in [6.45, 7) is 0.324. The van der Waals surface area contributed by atoms with Crippen molar-refractivity contribution >= 4 is 5.96 Å². The largest absolute Gasteiger partial charge is 0.375 e. The van der Waals surface area contributed by atoms with E-state index in [9.17, 15) is 4.39 Å². The van der Waals surface area contributed by atoms with Crippen molar-refractivity contribution in [1.29, 1.82) is 0 Å². The summed E-state index contributed by atoms with van der Waals surface area (Å²) in [5.41, 5.74) is 11.3.